The summed E-state index contributed by atoms with van der Waals surface area (Å²) >= 11 is 5.88. The van der Waals surface area contributed by atoms with Crippen LogP contribution < -0.4 is 10.3 Å². The summed E-state index contributed by atoms with van der Waals surface area (Å²) < 4.78 is 6.81. The minimum Gasteiger partial charge on any atom is -0.485 e. The molecule has 2 atom stereocenters. The van der Waals surface area contributed by atoms with Gasteiger partial charge in [0.2, 0.25) is 0 Å². The average Bonchev–Trinajstić information content (AvgIpc) is 2.58. The van der Waals surface area contributed by atoms with E-state index in [1.54, 1.807) is 26.0 Å². The Bertz CT molecular complexity index is 1010. The van der Waals surface area contributed by atoms with Gasteiger partial charge in [0.05, 0.1) is 28.8 Å². The molecule has 3 rings (SSSR count). The topological polar surface area (TPSA) is 118 Å². The number of nitro groups is 1. The second-order valence-corrected chi connectivity index (χ2v) is 6.88. The second kappa shape index (κ2) is 6.12. The number of nitrogens with zero attached hydrogens (tertiary/aromatic N) is 3. The number of nitriles is 1. The van der Waals surface area contributed by atoms with Gasteiger partial charge in [0.15, 0.2) is 0 Å². The van der Waals surface area contributed by atoms with Gasteiger partial charge in [0, 0.05) is 11.6 Å². The third-order valence-electron chi connectivity index (χ3n) is 4.34. The van der Waals surface area contributed by atoms with Crippen LogP contribution in [-0.4, -0.2) is 26.3 Å². The van der Waals surface area contributed by atoms with Crippen LogP contribution in [0.25, 0.3) is 0 Å². The Labute approximate surface area is 153 Å². The number of hydrogen-bond donors (Lipinski definition) is 1. The van der Waals surface area contributed by atoms with Crippen molar-refractivity contribution >= 4 is 17.3 Å². The highest BCUT2D eigenvalue weighted by atomic mass is 35.5. The summed E-state index contributed by atoms with van der Waals surface area (Å²) in [7, 11) is 0. The largest absolute Gasteiger partial charge is 0.485 e. The van der Waals surface area contributed by atoms with Gasteiger partial charge < -0.3 is 9.84 Å². The maximum atomic E-state index is 12.6. The van der Waals surface area contributed by atoms with E-state index in [9.17, 15) is 20.0 Å². The molecule has 0 saturated carbocycles. The van der Waals surface area contributed by atoms with Crippen LogP contribution in [0.1, 0.15) is 31.0 Å². The van der Waals surface area contributed by atoms with Crippen molar-refractivity contribution in [1.82, 2.24) is 4.57 Å². The summed E-state index contributed by atoms with van der Waals surface area (Å²) in [6.07, 6.45) is -0.188. The Balaban J connectivity index is 2.32. The molecule has 0 fully saturated rings. The maximum absolute atomic E-state index is 12.6. The van der Waals surface area contributed by atoms with Crippen LogP contribution in [0.5, 0.6) is 5.75 Å². The number of aromatic nitrogens is 1. The van der Waals surface area contributed by atoms with Crippen molar-refractivity contribution in [3.05, 3.63) is 67.1 Å². The fourth-order valence-electron chi connectivity index (χ4n) is 3.00. The quantitative estimate of drug-likeness (QED) is 0.636. The van der Waals surface area contributed by atoms with Gasteiger partial charge in [-0.25, -0.2) is 0 Å². The Morgan fingerprint density at radius 3 is 2.73 bits per heavy atom. The van der Waals surface area contributed by atoms with E-state index >= 15 is 0 Å². The van der Waals surface area contributed by atoms with Crippen LogP contribution in [0.3, 0.4) is 0 Å². The fraction of sp³-hybridized carbons (Fsp3) is 0.294. The predicted molar refractivity (Wildman–Crippen MR) is 92.4 cm³/mol. The summed E-state index contributed by atoms with van der Waals surface area (Å²) in [4.78, 5) is 23.0. The number of aliphatic hydroxyl groups is 1. The molecule has 8 nitrogen and oxygen atoms in total. The summed E-state index contributed by atoms with van der Waals surface area (Å²) in [6.45, 7) is 3.27. The molecule has 1 aliphatic heterocycles. The number of fused-ring (bicyclic) bond motifs is 1. The minimum atomic E-state index is -1.22. The number of aliphatic hydroxyl groups excluding tert-OH is 1. The first-order valence-electron chi connectivity index (χ1n) is 7.63. The van der Waals surface area contributed by atoms with Crippen molar-refractivity contribution in [3.63, 3.8) is 0 Å². The summed E-state index contributed by atoms with van der Waals surface area (Å²) in [5.74, 6) is 0.374. The first kappa shape index (κ1) is 17.9. The molecule has 1 N–H and O–H groups in total. The smallest absolute Gasteiger partial charge is 0.287 e. The van der Waals surface area contributed by atoms with E-state index in [2.05, 4.69) is 0 Å². The number of ether oxygens (including phenoxy) is 1. The molecular formula is C17H14ClN3O5. The third kappa shape index (κ3) is 2.81. The molecule has 0 spiro atoms. The number of hydrogen-bond acceptors (Lipinski definition) is 6. The highest BCUT2D eigenvalue weighted by molar-refractivity contribution is 6.30. The van der Waals surface area contributed by atoms with Crippen molar-refractivity contribution in [2.45, 2.75) is 31.6 Å². The molecule has 0 bridgehead atoms. The number of benzene rings is 1. The molecule has 2 heterocycles. The van der Waals surface area contributed by atoms with Crippen molar-refractivity contribution in [2.75, 3.05) is 0 Å². The molecule has 1 aromatic heterocycles. The number of pyridine rings is 1. The van der Waals surface area contributed by atoms with E-state index in [0.717, 1.165) is 16.8 Å². The van der Waals surface area contributed by atoms with E-state index in [4.69, 9.17) is 21.6 Å². The Hall–Kier alpha value is -2.89. The molecule has 1 aliphatic rings. The molecule has 0 radical (unpaired) electrons. The van der Waals surface area contributed by atoms with Gasteiger partial charge in [-0.1, -0.05) is 11.6 Å². The highest BCUT2D eigenvalue weighted by Crippen LogP contribution is 2.42. The van der Waals surface area contributed by atoms with Crippen molar-refractivity contribution in [2.24, 2.45) is 0 Å². The highest BCUT2D eigenvalue weighted by Gasteiger charge is 2.44. The van der Waals surface area contributed by atoms with Gasteiger partial charge in [-0.15, -0.1) is 0 Å². The van der Waals surface area contributed by atoms with Gasteiger partial charge in [0.25, 0.3) is 11.2 Å². The Morgan fingerprint density at radius 2 is 2.12 bits per heavy atom. The van der Waals surface area contributed by atoms with E-state index < -0.39 is 28.2 Å². The van der Waals surface area contributed by atoms with Crippen molar-refractivity contribution in [3.8, 4) is 11.8 Å². The lowest BCUT2D eigenvalue weighted by molar-refractivity contribution is -0.385. The zero-order chi connectivity index (χ0) is 19.2. The first-order chi connectivity index (χ1) is 12.2. The van der Waals surface area contributed by atoms with Gasteiger partial charge in [-0.3, -0.25) is 19.5 Å². The van der Waals surface area contributed by atoms with Gasteiger partial charge in [-0.05, 0) is 32.0 Å². The molecule has 0 amide bonds. The second-order valence-electron chi connectivity index (χ2n) is 6.48. The van der Waals surface area contributed by atoms with Crippen LogP contribution in [-0.2, 0) is 0 Å². The summed E-state index contributed by atoms with van der Waals surface area (Å²) in [5, 5.41) is 30.8. The lowest BCUT2D eigenvalue weighted by atomic mass is 9.85. The van der Waals surface area contributed by atoms with E-state index in [-0.39, 0.29) is 10.7 Å². The van der Waals surface area contributed by atoms with E-state index in [1.165, 1.54) is 6.07 Å². The monoisotopic (exact) mass is 375 g/mol. The summed E-state index contributed by atoms with van der Waals surface area (Å²) in [6, 6.07) is 6.54. The molecule has 0 saturated heterocycles. The zero-order valence-electron chi connectivity index (χ0n) is 13.8. The van der Waals surface area contributed by atoms with Gasteiger partial charge in [0.1, 0.15) is 22.5 Å². The molecule has 2 unspecified atom stereocenters. The van der Waals surface area contributed by atoms with Crippen LogP contribution >= 0.6 is 11.6 Å². The molecule has 2 aromatic rings. The number of rotatable bonds is 2. The van der Waals surface area contributed by atoms with Crippen molar-refractivity contribution in [1.29, 1.82) is 5.26 Å². The van der Waals surface area contributed by atoms with Gasteiger partial charge in [-0.2, -0.15) is 5.26 Å². The van der Waals surface area contributed by atoms with Crippen LogP contribution in [0.15, 0.2) is 35.3 Å². The first-order valence-corrected chi connectivity index (χ1v) is 8.00. The normalized spacial score (nSPS) is 20.6. The van der Waals surface area contributed by atoms with Crippen LogP contribution in [0, 0.1) is 21.4 Å². The SMILES string of the molecule is CC1(C)Oc2ccc(C#N)cc2C(n2cc([N+](=O)[O-])cc(Cl)c2=O)C1O. The van der Waals surface area contributed by atoms with Crippen molar-refractivity contribution < 1.29 is 14.8 Å². The molecule has 9 heteroatoms. The van der Waals surface area contributed by atoms with Gasteiger partial charge >= 0.3 is 0 Å². The fourth-order valence-corrected chi connectivity index (χ4v) is 3.21. The maximum Gasteiger partial charge on any atom is 0.287 e. The van der Waals surface area contributed by atoms with Crippen LogP contribution in [0.4, 0.5) is 5.69 Å². The Morgan fingerprint density at radius 1 is 1.42 bits per heavy atom. The minimum absolute atomic E-state index is 0.300. The van der Waals surface area contributed by atoms with E-state index in [1.807, 2.05) is 6.07 Å². The third-order valence-corrected chi connectivity index (χ3v) is 4.61. The zero-order valence-corrected chi connectivity index (χ0v) is 14.6. The molecule has 1 aromatic carbocycles. The lowest BCUT2D eigenvalue weighted by Crippen LogP contribution is -2.52. The molecular weight excluding hydrogens is 362 g/mol. The predicted octanol–water partition coefficient (Wildman–Crippen LogP) is 2.40. The lowest BCUT2D eigenvalue weighted by Gasteiger charge is -2.42. The molecule has 26 heavy (non-hydrogen) atoms. The van der Waals surface area contributed by atoms with Crippen LogP contribution in [0.2, 0.25) is 5.02 Å². The average molecular weight is 376 g/mol. The Kier molecular flexibility index (Phi) is 4.22. The molecule has 0 aliphatic carbocycles. The number of halogens is 1. The summed E-state index contributed by atoms with van der Waals surface area (Å²) in [5.41, 5.74) is -1.48. The standard InChI is InChI=1S/C17H14ClN3O5/c1-17(2)15(22)14(11-5-9(7-19)3-4-13(11)26-17)20-8-10(21(24)25)6-12(18)16(20)23/h3-6,8,14-15,22H,1-2H3. The molecule has 134 valence electrons. The van der Waals surface area contributed by atoms with E-state index in [0.29, 0.717) is 16.9 Å².